The van der Waals surface area contributed by atoms with Crippen LogP contribution in [0.25, 0.3) is 9.69 Å². The number of nitrogens with zero attached hydrogens (tertiary/aromatic N) is 2. The van der Waals surface area contributed by atoms with Gasteiger partial charge in [-0.1, -0.05) is 0 Å². The average molecular weight is 186 g/mol. The fourth-order valence-electron chi connectivity index (χ4n) is 0.116. The predicted octanol–water partition coefficient (Wildman–Crippen LogP) is -4.95. The Morgan fingerprint density at radius 1 is 1.00 bits per heavy atom. The molecule has 0 heterocycles. The Morgan fingerprint density at radius 3 is 1.30 bits per heavy atom. The maximum atomic E-state index is 6.31. The van der Waals surface area contributed by atoms with Crippen molar-refractivity contribution in [2.24, 2.45) is 0 Å². The van der Waals surface area contributed by atoms with Gasteiger partial charge in [-0.3, -0.25) is 0 Å². The van der Waals surface area contributed by atoms with Gasteiger partial charge in [0.2, 0.25) is 0 Å². The monoisotopic (exact) mass is 186 g/mol. The van der Waals surface area contributed by atoms with Crippen molar-refractivity contribution in [3.8, 4) is 0 Å². The van der Waals surface area contributed by atoms with E-state index in [0.29, 0.717) is 0 Å². The van der Waals surface area contributed by atoms with Crippen molar-refractivity contribution in [1.82, 2.24) is 0 Å². The second-order valence-electron chi connectivity index (χ2n) is 0.835. The molecule has 0 aliphatic carbocycles. The van der Waals surface area contributed by atoms with Crippen LogP contribution in [0.1, 0.15) is 0 Å². The van der Waals surface area contributed by atoms with Crippen molar-refractivity contribution < 1.29 is 59.1 Å². The largest absolute Gasteiger partial charge is 1.00 e. The quantitative estimate of drug-likeness (QED) is 0.213. The van der Waals surface area contributed by atoms with E-state index in [1.165, 1.54) is 0 Å². The van der Waals surface area contributed by atoms with Gasteiger partial charge >= 0.3 is 64.9 Å². The Morgan fingerprint density at radius 2 is 1.30 bits per heavy atom. The summed E-state index contributed by atoms with van der Waals surface area (Å²) in [6.07, 6.45) is 0. The molecule has 0 saturated heterocycles. The van der Waals surface area contributed by atoms with Crippen LogP contribution < -0.4 is 59.1 Å². The third-order valence-corrected chi connectivity index (χ3v) is 0.760. The third kappa shape index (κ3) is 7.27. The first-order valence-electron chi connectivity index (χ1n) is 1.55. The Balaban J connectivity index is -0.000000245. The average Bonchev–Trinajstić information content (AvgIpc) is 1.69. The van der Waals surface area contributed by atoms with E-state index in [2.05, 4.69) is 34.9 Å². The van der Waals surface area contributed by atoms with Gasteiger partial charge < -0.3 is 25.3 Å². The summed E-state index contributed by atoms with van der Waals surface area (Å²) in [6, 6.07) is 0. The van der Waals surface area contributed by atoms with Gasteiger partial charge in [0.1, 0.15) is 13.1 Å². The van der Waals surface area contributed by atoms with Crippen molar-refractivity contribution >= 4 is 25.3 Å². The van der Waals surface area contributed by atoms with E-state index in [-0.39, 0.29) is 69.2 Å². The molecule has 0 bridgehead atoms. The topological polar surface area (TPSA) is 8.72 Å². The smallest absolute Gasteiger partial charge is 0.812 e. The summed E-state index contributed by atoms with van der Waals surface area (Å²) < 4.78 is -0.0463. The van der Waals surface area contributed by atoms with Crippen molar-refractivity contribution in [3.05, 3.63) is 32.9 Å². The summed E-state index contributed by atoms with van der Waals surface area (Å²) in [6.45, 7) is 12.6. The molecule has 0 fully saturated rings. The minimum absolute atomic E-state index is 0. The summed E-state index contributed by atoms with van der Waals surface area (Å²) in [5.74, 6) is -0.185. The molecule has 2 nitrogen and oxygen atoms in total. The first-order valence-corrected chi connectivity index (χ1v) is 2.37. The van der Waals surface area contributed by atoms with Gasteiger partial charge in [0.05, 0.1) is 0 Å². The summed E-state index contributed by atoms with van der Waals surface area (Å²) in [4.78, 5) is 5.55. The van der Waals surface area contributed by atoms with Crippen LogP contribution >= 0.6 is 0 Å². The Hall–Kier alpha value is 1.16. The van der Waals surface area contributed by atoms with E-state index in [4.69, 9.17) is 13.1 Å². The van der Waals surface area contributed by atoms with Crippen molar-refractivity contribution in [2.75, 3.05) is 0 Å². The molecule has 0 aromatic rings. The molecule has 0 rings (SSSR count). The molecule has 0 saturated carbocycles. The molecule has 0 aliphatic rings. The van der Waals surface area contributed by atoms with E-state index < -0.39 is 0 Å². The van der Waals surface area contributed by atoms with Crippen LogP contribution in [-0.4, -0.2) is 0 Å². The summed E-state index contributed by atoms with van der Waals surface area (Å²) >= 11 is 8.73. The Labute approximate surface area is 115 Å². The van der Waals surface area contributed by atoms with Crippen molar-refractivity contribution in [2.45, 2.75) is 0 Å². The Bertz CT molecular complexity index is 180. The summed E-state index contributed by atoms with van der Waals surface area (Å²) in [7, 11) is 0. The number of hydrogen-bond acceptors (Lipinski definition) is 2. The second-order valence-corrected chi connectivity index (χ2v) is 1.91. The SMILES string of the molecule is [C-]#[N+]C([N+]#[C-])=C([S-])[S-].[Na+].[Na+]. The predicted molar refractivity (Wildman–Crippen MR) is 35.0 cm³/mol. The normalized spacial score (nSPS) is 5.00. The molecule has 0 aliphatic heterocycles. The van der Waals surface area contributed by atoms with Crippen LogP contribution in [0.4, 0.5) is 0 Å². The molecule has 0 N–H and O–H groups in total. The van der Waals surface area contributed by atoms with E-state index in [9.17, 15) is 0 Å². The van der Waals surface area contributed by atoms with Crippen LogP contribution in [0, 0.1) is 13.1 Å². The maximum Gasteiger partial charge on any atom is 1.00 e. The fourth-order valence-corrected chi connectivity index (χ4v) is 0.299. The van der Waals surface area contributed by atoms with Gasteiger partial charge in [-0.2, -0.15) is 9.69 Å². The van der Waals surface area contributed by atoms with E-state index in [1.54, 1.807) is 0 Å². The molecule has 0 aromatic heterocycles. The van der Waals surface area contributed by atoms with Gasteiger partial charge in [-0.05, 0) is 0 Å². The van der Waals surface area contributed by atoms with E-state index in [1.807, 2.05) is 0 Å². The molecule has 0 amide bonds. The van der Waals surface area contributed by atoms with Crippen LogP contribution in [0.15, 0.2) is 10.1 Å². The third-order valence-electron chi connectivity index (χ3n) is 0.394. The van der Waals surface area contributed by atoms with Crippen LogP contribution in [0.3, 0.4) is 0 Å². The van der Waals surface area contributed by atoms with Crippen LogP contribution in [-0.2, 0) is 25.3 Å². The van der Waals surface area contributed by atoms with Crippen molar-refractivity contribution in [1.29, 1.82) is 0 Å². The van der Waals surface area contributed by atoms with Gasteiger partial charge in [0.15, 0.2) is 0 Å². The zero-order chi connectivity index (χ0) is 6.57. The summed E-state index contributed by atoms with van der Waals surface area (Å²) in [5.41, 5.74) is 0. The molecule has 10 heavy (non-hydrogen) atoms. The van der Waals surface area contributed by atoms with Crippen LogP contribution in [0.5, 0.6) is 0 Å². The zero-order valence-corrected chi connectivity index (χ0v) is 11.3. The van der Waals surface area contributed by atoms with Gasteiger partial charge in [-0.15, -0.1) is 0 Å². The van der Waals surface area contributed by atoms with Gasteiger partial charge in [-0.25, -0.2) is 4.24 Å². The van der Waals surface area contributed by atoms with Crippen molar-refractivity contribution in [3.63, 3.8) is 0 Å². The minimum atomic E-state index is -0.185. The molecular formula is C4N2Na2S2. The first kappa shape index (κ1) is 17.3. The molecular weight excluding hydrogens is 186 g/mol. The molecule has 40 valence electrons. The first-order chi connectivity index (χ1) is 3.72. The minimum Gasteiger partial charge on any atom is -0.812 e. The second kappa shape index (κ2) is 10.2. The molecule has 0 aromatic carbocycles. The number of hydrogen-bond donors (Lipinski definition) is 0. The standard InChI is InChI=1S/C4H2N2S2.2Na/c1-5-3(6-2)4(7)8;;/h7-8H;;/q;2*+1/p-2. The summed E-state index contributed by atoms with van der Waals surface area (Å²) in [5, 5.41) is 0. The number of rotatable bonds is 0. The van der Waals surface area contributed by atoms with Gasteiger partial charge in [0, 0.05) is 0 Å². The maximum absolute atomic E-state index is 6.31. The van der Waals surface area contributed by atoms with E-state index in [0.717, 1.165) is 0 Å². The molecule has 0 radical (unpaired) electrons. The van der Waals surface area contributed by atoms with Crippen LogP contribution in [0.2, 0.25) is 0 Å². The fraction of sp³-hybridized carbons (Fsp3) is 0. The molecule has 0 spiro atoms. The molecule has 6 heteroatoms. The Kier molecular flexibility index (Phi) is 17.6. The molecule has 0 unspecified atom stereocenters. The zero-order valence-electron chi connectivity index (χ0n) is 5.71. The van der Waals surface area contributed by atoms with E-state index >= 15 is 0 Å². The molecule has 0 atom stereocenters. The van der Waals surface area contributed by atoms with Gasteiger partial charge in [0.25, 0.3) is 0 Å².